The predicted octanol–water partition coefficient (Wildman–Crippen LogP) is 3.92. The van der Waals surface area contributed by atoms with Crippen LogP contribution in [0.2, 0.25) is 0 Å². The maximum atomic E-state index is 13.5. The maximum absolute atomic E-state index is 13.5. The number of benzene rings is 1. The number of halogens is 1. The fourth-order valence-corrected chi connectivity index (χ4v) is 3.16. The molecule has 106 valence electrons. The van der Waals surface area contributed by atoms with Gasteiger partial charge >= 0.3 is 0 Å². The molecule has 3 heteroatoms. The largest absolute Gasteiger partial charge is 0.494 e. The van der Waals surface area contributed by atoms with Gasteiger partial charge in [-0.15, -0.1) is 0 Å². The van der Waals surface area contributed by atoms with E-state index in [0.29, 0.717) is 17.7 Å². The molecule has 1 unspecified atom stereocenters. The SMILES string of the molecule is CNC(c1ccc(F)c(OC)c1)C1CCC(C)CC1. The van der Waals surface area contributed by atoms with Gasteiger partial charge in [0.05, 0.1) is 7.11 Å². The third-order valence-corrected chi connectivity index (χ3v) is 4.38. The molecule has 0 saturated heterocycles. The van der Waals surface area contributed by atoms with Crippen LogP contribution in [0.1, 0.15) is 44.2 Å². The molecule has 0 spiro atoms. The first-order valence-corrected chi connectivity index (χ1v) is 7.16. The first-order chi connectivity index (χ1) is 9.15. The second kappa shape index (κ2) is 6.38. The minimum absolute atomic E-state index is 0.293. The van der Waals surface area contributed by atoms with Crippen molar-refractivity contribution in [2.45, 2.75) is 38.6 Å². The van der Waals surface area contributed by atoms with Crippen LogP contribution in [-0.2, 0) is 0 Å². The zero-order valence-corrected chi connectivity index (χ0v) is 12.1. The van der Waals surface area contributed by atoms with Crippen LogP contribution < -0.4 is 10.1 Å². The Morgan fingerprint density at radius 3 is 2.53 bits per heavy atom. The van der Waals surface area contributed by atoms with E-state index in [9.17, 15) is 4.39 Å². The summed E-state index contributed by atoms with van der Waals surface area (Å²) in [6, 6.07) is 5.50. The molecule has 0 amide bonds. The highest BCUT2D eigenvalue weighted by molar-refractivity contribution is 5.32. The van der Waals surface area contributed by atoms with Crippen molar-refractivity contribution in [3.63, 3.8) is 0 Å². The van der Waals surface area contributed by atoms with Gasteiger partial charge in [0.2, 0.25) is 0 Å². The van der Waals surface area contributed by atoms with Crippen molar-refractivity contribution in [2.24, 2.45) is 11.8 Å². The van der Waals surface area contributed by atoms with Gasteiger partial charge in [-0.1, -0.05) is 25.8 Å². The molecule has 1 N–H and O–H groups in total. The van der Waals surface area contributed by atoms with Crippen LogP contribution in [0.3, 0.4) is 0 Å². The second-order valence-electron chi connectivity index (χ2n) is 5.68. The lowest BCUT2D eigenvalue weighted by Crippen LogP contribution is -2.28. The number of hydrogen-bond donors (Lipinski definition) is 1. The molecule has 1 aromatic rings. The third-order valence-electron chi connectivity index (χ3n) is 4.38. The van der Waals surface area contributed by atoms with Crippen LogP contribution in [0.15, 0.2) is 18.2 Å². The van der Waals surface area contributed by atoms with Gasteiger partial charge in [-0.05, 0) is 49.4 Å². The summed E-state index contributed by atoms with van der Waals surface area (Å²) >= 11 is 0. The molecule has 1 aliphatic rings. The molecule has 1 aromatic carbocycles. The van der Waals surface area contributed by atoms with Crippen LogP contribution >= 0.6 is 0 Å². The molecule has 1 saturated carbocycles. The molecule has 0 bridgehead atoms. The van der Waals surface area contributed by atoms with Crippen molar-refractivity contribution in [1.82, 2.24) is 5.32 Å². The summed E-state index contributed by atoms with van der Waals surface area (Å²) < 4.78 is 18.6. The number of methoxy groups -OCH3 is 1. The van der Waals surface area contributed by atoms with Gasteiger partial charge in [-0.3, -0.25) is 0 Å². The van der Waals surface area contributed by atoms with E-state index >= 15 is 0 Å². The van der Waals surface area contributed by atoms with Crippen LogP contribution in [0.25, 0.3) is 0 Å². The summed E-state index contributed by atoms with van der Waals surface area (Å²) in [5.41, 5.74) is 1.13. The molecule has 1 atom stereocenters. The Bertz CT molecular complexity index is 413. The first-order valence-electron chi connectivity index (χ1n) is 7.16. The Balaban J connectivity index is 2.17. The Morgan fingerprint density at radius 2 is 1.95 bits per heavy atom. The normalized spacial score (nSPS) is 25.1. The monoisotopic (exact) mass is 265 g/mol. The number of rotatable bonds is 4. The van der Waals surface area contributed by atoms with Gasteiger partial charge in [0.15, 0.2) is 11.6 Å². The standard InChI is InChI=1S/C16H24FNO/c1-11-4-6-12(7-5-11)16(18-2)13-8-9-14(17)15(10-13)19-3/h8-12,16,18H,4-7H2,1-3H3. The maximum Gasteiger partial charge on any atom is 0.165 e. The molecule has 0 radical (unpaired) electrons. The van der Waals surface area contributed by atoms with E-state index in [-0.39, 0.29) is 5.82 Å². The van der Waals surface area contributed by atoms with Crippen molar-refractivity contribution in [1.29, 1.82) is 0 Å². The van der Waals surface area contributed by atoms with Crippen LogP contribution in [0.5, 0.6) is 5.75 Å². The highest BCUT2D eigenvalue weighted by atomic mass is 19.1. The lowest BCUT2D eigenvalue weighted by molar-refractivity contribution is 0.237. The van der Waals surface area contributed by atoms with Gasteiger partial charge in [0.25, 0.3) is 0 Å². The quantitative estimate of drug-likeness (QED) is 0.891. The van der Waals surface area contributed by atoms with E-state index < -0.39 is 0 Å². The second-order valence-corrected chi connectivity index (χ2v) is 5.68. The average Bonchev–Trinajstić information content (AvgIpc) is 2.43. The van der Waals surface area contributed by atoms with Gasteiger partial charge in [0, 0.05) is 6.04 Å². The third kappa shape index (κ3) is 3.27. The average molecular weight is 265 g/mol. The molecular weight excluding hydrogens is 241 g/mol. The lowest BCUT2D eigenvalue weighted by Gasteiger charge is -2.33. The van der Waals surface area contributed by atoms with Gasteiger partial charge in [0.1, 0.15) is 0 Å². The zero-order valence-electron chi connectivity index (χ0n) is 12.1. The van der Waals surface area contributed by atoms with E-state index in [1.807, 2.05) is 19.2 Å². The molecule has 0 aromatic heterocycles. The van der Waals surface area contributed by atoms with Crippen LogP contribution in [0.4, 0.5) is 4.39 Å². The summed E-state index contributed by atoms with van der Waals surface area (Å²) in [5, 5.41) is 3.40. The number of ether oxygens (including phenoxy) is 1. The van der Waals surface area contributed by atoms with Crippen molar-refractivity contribution in [3.05, 3.63) is 29.6 Å². The Kier molecular flexibility index (Phi) is 4.81. The fourth-order valence-electron chi connectivity index (χ4n) is 3.16. The van der Waals surface area contributed by atoms with E-state index in [1.54, 1.807) is 0 Å². The zero-order chi connectivity index (χ0) is 13.8. The summed E-state index contributed by atoms with van der Waals surface area (Å²) in [7, 11) is 3.50. The summed E-state index contributed by atoms with van der Waals surface area (Å²) in [6.07, 6.45) is 5.07. The fraction of sp³-hybridized carbons (Fsp3) is 0.625. The topological polar surface area (TPSA) is 21.3 Å². The minimum atomic E-state index is -0.293. The molecular formula is C16H24FNO. The van der Waals surface area contributed by atoms with E-state index in [1.165, 1.54) is 38.9 Å². The van der Waals surface area contributed by atoms with Gasteiger partial charge < -0.3 is 10.1 Å². The summed E-state index contributed by atoms with van der Waals surface area (Å²) in [6.45, 7) is 2.32. The minimum Gasteiger partial charge on any atom is -0.494 e. The molecule has 0 aliphatic heterocycles. The van der Waals surface area contributed by atoms with Crippen molar-refractivity contribution in [2.75, 3.05) is 14.2 Å². The van der Waals surface area contributed by atoms with E-state index in [4.69, 9.17) is 4.74 Å². The van der Waals surface area contributed by atoms with E-state index in [0.717, 1.165) is 11.5 Å². The number of nitrogens with one attached hydrogen (secondary N) is 1. The Hall–Kier alpha value is -1.09. The first kappa shape index (κ1) is 14.3. The van der Waals surface area contributed by atoms with Gasteiger partial charge in [-0.25, -0.2) is 4.39 Å². The predicted molar refractivity (Wildman–Crippen MR) is 75.9 cm³/mol. The number of hydrogen-bond acceptors (Lipinski definition) is 2. The molecule has 0 heterocycles. The van der Waals surface area contributed by atoms with Crippen molar-refractivity contribution >= 4 is 0 Å². The molecule has 2 nitrogen and oxygen atoms in total. The molecule has 1 aliphatic carbocycles. The van der Waals surface area contributed by atoms with Crippen LogP contribution in [-0.4, -0.2) is 14.2 Å². The highest BCUT2D eigenvalue weighted by Crippen LogP contribution is 2.37. The Labute approximate surface area is 115 Å². The van der Waals surface area contributed by atoms with Crippen molar-refractivity contribution in [3.8, 4) is 5.75 Å². The summed E-state index contributed by atoms with van der Waals surface area (Å²) in [4.78, 5) is 0. The molecule has 19 heavy (non-hydrogen) atoms. The van der Waals surface area contributed by atoms with Crippen molar-refractivity contribution < 1.29 is 9.13 Å². The summed E-state index contributed by atoms with van der Waals surface area (Å²) in [5.74, 6) is 1.52. The van der Waals surface area contributed by atoms with Gasteiger partial charge in [-0.2, -0.15) is 0 Å². The lowest BCUT2D eigenvalue weighted by atomic mass is 9.77. The van der Waals surface area contributed by atoms with Crippen LogP contribution in [0, 0.1) is 17.7 Å². The molecule has 2 rings (SSSR count). The Morgan fingerprint density at radius 1 is 1.26 bits per heavy atom. The molecule has 1 fully saturated rings. The van der Waals surface area contributed by atoms with E-state index in [2.05, 4.69) is 12.2 Å². The smallest absolute Gasteiger partial charge is 0.165 e. The highest BCUT2D eigenvalue weighted by Gasteiger charge is 2.26.